The Kier molecular flexibility index (Phi) is 3.07. The third-order valence-corrected chi connectivity index (χ3v) is 5.27. The number of rotatable bonds is 1. The molecule has 0 fully saturated rings. The molecule has 1 nitrogen and oxygen atoms in total. The Morgan fingerprint density at radius 3 is 2.46 bits per heavy atom. The fourth-order valence-corrected chi connectivity index (χ4v) is 4.06. The fraction of sp³-hybridized carbons (Fsp3) is 0.0455. The van der Waals surface area contributed by atoms with Gasteiger partial charge in [-0.05, 0) is 29.3 Å². The Morgan fingerprint density at radius 2 is 1.58 bits per heavy atom. The molecule has 2 aliphatic rings. The van der Waals surface area contributed by atoms with Crippen LogP contribution in [0.15, 0.2) is 88.3 Å². The van der Waals surface area contributed by atoms with Gasteiger partial charge in [0.1, 0.15) is 0 Å². The van der Waals surface area contributed by atoms with Gasteiger partial charge in [-0.1, -0.05) is 76.6 Å². The molecule has 3 aromatic rings. The first kappa shape index (κ1) is 13.9. The van der Waals surface area contributed by atoms with Gasteiger partial charge < -0.3 is 0 Å². The number of allylic oxidation sites excluding steroid dienone is 2. The van der Waals surface area contributed by atoms with Crippen molar-refractivity contribution in [2.75, 3.05) is 0 Å². The molecule has 0 bridgehead atoms. The van der Waals surface area contributed by atoms with Gasteiger partial charge in [-0.15, -0.1) is 0 Å². The van der Waals surface area contributed by atoms with Crippen molar-refractivity contribution >= 4 is 32.9 Å². The maximum absolute atomic E-state index is 4.91. The second-order valence-corrected chi connectivity index (χ2v) is 7.09. The Morgan fingerprint density at radius 1 is 0.792 bits per heavy atom. The second kappa shape index (κ2) is 5.29. The lowest BCUT2D eigenvalue weighted by Crippen LogP contribution is -2.14. The van der Waals surface area contributed by atoms with E-state index in [0.29, 0.717) is 0 Å². The number of benzene rings is 3. The van der Waals surface area contributed by atoms with E-state index >= 15 is 0 Å². The van der Waals surface area contributed by atoms with Crippen molar-refractivity contribution in [2.45, 2.75) is 5.92 Å². The zero-order valence-electron chi connectivity index (χ0n) is 12.9. The van der Waals surface area contributed by atoms with Crippen LogP contribution >= 0.6 is 15.9 Å². The summed E-state index contributed by atoms with van der Waals surface area (Å²) in [4.78, 5) is 4.91. The predicted octanol–water partition coefficient (Wildman–Crippen LogP) is 6.11. The molecule has 2 heteroatoms. The first-order valence-corrected chi connectivity index (χ1v) is 8.85. The van der Waals surface area contributed by atoms with Crippen molar-refractivity contribution in [1.29, 1.82) is 0 Å². The highest BCUT2D eigenvalue weighted by molar-refractivity contribution is 9.10. The third kappa shape index (κ3) is 2.03. The molecular weight excluding hydrogens is 358 g/mol. The van der Waals surface area contributed by atoms with Crippen LogP contribution < -0.4 is 0 Å². The number of aliphatic imine (C=N–C) groups is 1. The van der Waals surface area contributed by atoms with Gasteiger partial charge >= 0.3 is 0 Å². The highest BCUT2D eigenvalue weighted by atomic mass is 79.9. The lowest BCUT2D eigenvalue weighted by Gasteiger charge is -2.25. The van der Waals surface area contributed by atoms with Crippen molar-refractivity contribution in [1.82, 2.24) is 0 Å². The van der Waals surface area contributed by atoms with Crippen molar-refractivity contribution in [3.8, 4) is 0 Å². The van der Waals surface area contributed by atoms with Gasteiger partial charge in [0.15, 0.2) is 0 Å². The van der Waals surface area contributed by atoms with Gasteiger partial charge in [0, 0.05) is 27.1 Å². The summed E-state index contributed by atoms with van der Waals surface area (Å²) < 4.78 is 1.11. The highest BCUT2D eigenvalue weighted by Gasteiger charge is 2.31. The van der Waals surface area contributed by atoms with Crippen molar-refractivity contribution < 1.29 is 0 Å². The second-order valence-electron chi connectivity index (χ2n) is 6.18. The van der Waals surface area contributed by atoms with Crippen molar-refractivity contribution in [2.24, 2.45) is 4.99 Å². The van der Waals surface area contributed by atoms with E-state index in [9.17, 15) is 0 Å². The van der Waals surface area contributed by atoms with E-state index in [2.05, 4.69) is 94.8 Å². The molecule has 0 amide bonds. The van der Waals surface area contributed by atoms with Crippen LogP contribution in [0.5, 0.6) is 0 Å². The summed E-state index contributed by atoms with van der Waals surface area (Å²) in [7, 11) is 0. The molecule has 0 N–H and O–H groups in total. The molecule has 3 aromatic carbocycles. The molecule has 0 aromatic heterocycles. The molecule has 1 atom stereocenters. The quantitative estimate of drug-likeness (QED) is 0.489. The van der Waals surface area contributed by atoms with Crippen LogP contribution in [0.3, 0.4) is 0 Å². The van der Waals surface area contributed by atoms with Gasteiger partial charge in [-0.25, -0.2) is 4.99 Å². The van der Waals surface area contributed by atoms with E-state index in [-0.39, 0.29) is 5.92 Å². The predicted molar refractivity (Wildman–Crippen MR) is 103 cm³/mol. The molecule has 5 rings (SSSR count). The standard InChI is InChI=1S/C22H14BrN/c23-15-10-11-17-19(12-15)18(14-6-2-1-3-7-14)13-20-16-8-4-5-9-21(16)24-22(17)20/h1-13,18H. The topological polar surface area (TPSA) is 12.4 Å². The average Bonchev–Trinajstić information content (AvgIpc) is 3.00. The third-order valence-electron chi connectivity index (χ3n) is 4.78. The molecule has 0 radical (unpaired) electrons. The van der Waals surface area contributed by atoms with E-state index < -0.39 is 0 Å². The van der Waals surface area contributed by atoms with Gasteiger partial charge in [0.25, 0.3) is 0 Å². The summed E-state index contributed by atoms with van der Waals surface area (Å²) >= 11 is 3.63. The lowest BCUT2D eigenvalue weighted by molar-refractivity contribution is 1.02. The molecule has 1 aliphatic carbocycles. The molecule has 114 valence electrons. The minimum atomic E-state index is 0.249. The molecule has 0 saturated carbocycles. The number of hydrogen-bond acceptors (Lipinski definition) is 1. The van der Waals surface area contributed by atoms with E-state index in [4.69, 9.17) is 4.99 Å². The Balaban J connectivity index is 1.79. The average molecular weight is 372 g/mol. The SMILES string of the molecule is Brc1ccc2c(c1)C(c1ccccc1)C=C1C2=Nc2ccccc21. The molecule has 24 heavy (non-hydrogen) atoms. The van der Waals surface area contributed by atoms with Crippen LogP contribution in [0.25, 0.3) is 5.57 Å². The van der Waals surface area contributed by atoms with Crippen molar-refractivity contribution in [3.05, 3.63) is 106 Å². The summed E-state index contributed by atoms with van der Waals surface area (Å²) in [6.07, 6.45) is 2.37. The van der Waals surface area contributed by atoms with E-state index in [1.165, 1.54) is 27.8 Å². The van der Waals surface area contributed by atoms with Gasteiger partial charge in [-0.3, -0.25) is 0 Å². The number of para-hydroxylation sites is 1. The zero-order valence-corrected chi connectivity index (χ0v) is 14.5. The summed E-state index contributed by atoms with van der Waals surface area (Å²) in [6.45, 7) is 0. The zero-order chi connectivity index (χ0) is 16.1. The number of halogens is 1. The van der Waals surface area contributed by atoms with Crippen LogP contribution in [-0.4, -0.2) is 5.71 Å². The summed E-state index contributed by atoms with van der Waals surface area (Å²) in [5.41, 5.74) is 8.53. The molecule has 1 heterocycles. The van der Waals surface area contributed by atoms with Gasteiger partial charge in [0.05, 0.1) is 11.4 Å². The van der Waals surface area contributed by atoms with Gasteiger partial charge in [-0.2, -0.15) is 0 Å². The van der Waals surface area contributed by atoms with E-state index in [1.54, 1.807) is 0 Å². The first-order valence-electron chi connectivity index (χ1n) is 8.06. The number of hydrogen-bond donors (Lipinski definition) is 0. The largest absolute Gasteiger partial charge is 0.247 e. The van der Waals surface area contributed by atoms with E-state index in [1.807, 2.05) is 0 Å². The fourth-order valence-electron chi connectivity index (χ4n) is 3.68. The maximum Gasteiger partial charge on any atom is 0.0788 e. The number of fused-ring (bicyclic) bond motifs is 5. The first-order chi connectivity index (χ1) is 11.8. The monoisotopic (exact) mass is 371 g/mol. The lowest BCUT2D eigenvalue weighted by atomic mass is 9.78. The molecule has 1 unspecified atom stereocenters. The van der Waals surface area contributed by atoms with Crippen LogP contribution in [0.4, 0.5) is 5.69 Å². The minimum absolute atomic E-state index is 0.249. The van der Waals surface area contributed by atoms with Crippen molar-refractivity contribution in [3.63, 3.8) is 0 Å². The summed E-state index contributed by atoms with van der Waals surface area (Å²) in [5.74, 6) is 0.249. The van der Waals surface area contributed by atoms with Crippen LogP contribution in [0, 0.1) is 0 Å². The summed E-state index contributed by atoms with van der Waals surface area (Å²) in [5, 5.41) is 0. The molecule has 0 spiro atoms. The Labute approximate surface area is 149 Å². The smallest absolute Gasteiger partial charge is 0.0788 e. The van der Waals surface area contributed by atoms with Gasteiger partial charge in [0.2, 0.25) is 0 Å². The molecular formula is C22H14BrN. The Bertz CT molecular complexity index is 1020. The normalized spacial score (nSPS) is 17.5. The minimum Gasteiger partial charge on any atom is -0.247 e. The van der Waals surface area contributed by atoms with E-state index in [0.717, 1.165) is 15.9 Å². The molecule has 0 saturated heterocycles. The molecule has 1 aliphatic heterocycles. The van der Waals surface area contributed by atoms with Crippen LogP contribution in [-0.2, 0) is 0 Å². The summed E-state index contributed by atoms with van der Waals surface area (Å²) in [6, 6.07) is 25.6. The maximum atomic E-state index is 4.91. The number of nitrogens with zero attached hydrogens (tertiary/aromatic N) is 1. The highest BCUT2D eigenvalue weighted by Crippen LogP contribution is 2.45. The van der Waals surface area contributed by atoms with Crippen LogP contribution in [0.1, 0.15) is 28.2 Å². The Hall–Kier alpha value is -2.45. The van der Waals surface area contributed by atoms with Crippen LogP contribution in [0.2, 0.25) is 0 Å².